The van der Waals surface area contributed by atoms with Crippen molar-refractivity contribution < 1.29 is 4.39 Å². The van der Waals surface area contributed by atoms with Gasteiger partial charge in [-0.1, -0.05) is 13.0 Å². The Bertz CT molecular complexity index is 220. The third kappa shape index (κ3) is 2.34. The molecule has 0 aliphatic carbocycles. The van der Waals surface area contributed by atoms with Gasteiger partial charge in [-0.05, 0) is 43.0 Å². The van der Waals surface area contributed by atoms with Crippen molar-refractivity contribution in [1.82, 2.24) is 0 Å². The fourth-order valence-electron chi connectivity index (χ4n) is 1.16. The van der Waals surface area contributed by atoms with Crippen LogP contribution in [-0.2, 0) is 6.42 Å². The largest absolute Gasteiger partial charge is 0.207 e. The number of hydrogen-bond acceptors (Lipinski definition) is 0. The summed E-state index contributed by atoms with van der Waals surface area (Å²) in [6.45, 7) is 5.62. The molecule has 1 rings (SSSR count). The molecule has 1 aromatic carbocycles. The summed E-state index contributed by atoms with van der Waals surface area (Å²) in [5, 5.41) is 0. The van der Waals surface area contributed by atoms with Crippen molar-refractivity contribution >= 4 is 0 Å². The Balaban J connectivity index is 2.89. The normalized spacial score (nSPS) is 10.1. The SMILES string of the molecule is [CH2]CCc1cc(C)cc(F)c1. The van der Waals surface area contributed by atoms with Crippen LogP contribution in [-0.4, -0.2) is 0 Å². The molecule has 0 fully saturated rings. The van der Waals surface area contributed by atoms with Crippen LogP contribution in [0.25, 0.3) is 0 Å². The minimum atomic E-state index is -0.145. The van der Waals surface area contributed by atoms with Crippen molar-refractivity contribution in [2.45, 2.75) is 19.8 Å². The molecular formula is C10H12F. The predicted molar refractivity (Wildman–Crippen MR) is 44.8 cm³/mol. The average molecular weight is 151 g/mol. The van der Waals surface area contributed by atoms with Gasteiger partial charge in [0.25, 0.3) is 0 Å². The molecule has 1 aromatic rings. The predicted octanol–water partition coefficient (Wildman–Crippen LogP) is 2.90. The van der Waals surface area contributed by atoms with Crippen molar-refractivity contribution in [2.24, 2.45) is 0 Å². The first-order chi connectivity index (χ1) is 5.22. The van der Waals surface area contributed by atoms with E-state index in [0.29, 0.717) is 0 Å². The average Bonchev–Trinajstić information content (AvgIpc) is 1.85. The Labute approximate surface area is 67.1 Å². The third-order valence-electron chi connectivity index (χ3n) is 1.57. The highest BCUT2D eigenvalue weighted by Gasteiger charge is 1.95. The van der Waals surface area contributed by atoms with Gasteiger partial charge in [0.2, 0.25) is 0 Å². The fraction of sp³-hybridized carbons (Fsp3) is 0.300. The van der Waals surface area contributed by atoms with Crippen LogP contribution in [0.15, 0.2) is 18.2 Å². The monoisotopic (exact) mass is 151 g/mol. The first-order valence-corrected chi connectivity index (χ1v) is 3.77. The highest BCUT2D eigenvalue weighted by atomic mass is 19.1. The van der Waals surface area contributed by atoms with E-state index in [-0.39, 0.29) is 5.82 Å². The summed E-state index contributed by atoms with van der Waals surface area (Å²) in [4.78, 5) is 0. The Morgan fingerprint density at radius 2 is 2.09 bits per heavy atom. The van der Waals surface area contributed by atoms with E-state index in [1.807, 2.05) is 13.0 Å². The number of aryl methyl sites for hydroxylation is 2. The summed E-state index contributed by atoms with van der Waals surface area (Å²) in [7, 11) is 0. The van der Waals surface area contributed by atoms with Crippen LogP contribution < -0.4 is 0 Å². The van der Waals surface area contributed by atoms with E-state index in [2.05, 4.69) is 6.92 Å². The molecule has 11 heavy (non-hydrogen) atoms. The number of benzene rings is 1. The van der Waals surface area contributed by atoms with E-state index in [4.69, 9.17) is 0 Å². The number of rotatable bonds is 2. The Kier molecular flexibility index (Phi) is 2.64. The van der Waals surface area contributed by atoms with Gasteiger partial charge in [-0.15, -0.1) is 0 Å². The molecule has 0 unspecified atom stereocenters. The number of halogens is 1. The van der Waals surface area contributed by atoms with Crippen molar-refractivity contribution in [3.63, 3.8) is 0 Å². The second kappa shape index (κ2) is 3.51. The fourth-order valence-corrected chi connectivity index (χ4v) is 1.16. The molecule has 0 amide bonds. The van der Waals surface area contributed by atoms with Crippen LogP contribution in [0.3, 0.4) is 0 Å². The maximum absolute atomic E-state index is 12.7. The van der Waals surface area contributed by atoms with Crippen LogP contribution in [0.1, 0.15) is 17.5 Å². The van der Waals surface area contributed by atoms with E-state index in [1.165, 1.54) is 6.07 Å². The molecule has 0 bridgehead atoms. The van der Waals surface area contributed by atoms with Crippen molar-refractivity contribution in [1.29, 1.82) is 0 Å². The van der Waals surface area contributed by atoms with E-state index >= 15 is 0 Å². The van der Waals surface area contributed by atoms with Crippen LogP contribution in [0, 0.1) is 19.7 Å². The second-order valence-corrected chi connectivity index (χ2v) is 2.74. The van der Waals surface area contributed by atoms with Gasteiger partial charge in [0.05, 0.1) is 0 Å². The van der Waals surface area contributed by atoms with Gasteiger partial charge < -0.3 is 0 Å². The van der Waals surface area contributed by atoms with Crippen molar-refractivity contribution in [3.8, 4) is 0 Å². The maximum Gasteiger partial charge on any atom is 0.123 e. The van der Waals surface area contributed by atoms with E-state index in [9.17, 15) is 4.39 Å². The molecule has 0 spiro atoms. The lowest BCUT2D eigenvalue weighted by Crippen LogP contribution is -1.86. The Hall–Kier alpha value is -0.850. The lowest BCUT2D eigenvalue weighted by atomic mass is 10.1. The minimum absolute atomic E-state index is 0.145. The molecule has 1 heteroatoms. The molecule has 0 aromatic heterocycles. The molecule has 0 saturated carbocycles. The Morgan fingerprint density at radius 1 is 1.36 bits per heavy atom. The van der Waals surface area contributed by atoms with Gasteiger partial charge in [0, 0.05) is 0 Å². The first-order valence-electron chi connectivity index (χ1n) is 3.77. The van der Waals surface area contributed by atoms with Gasteiger partial charge in [0.15, 0.2) is 0 Å². The van der Waals surface area contributed by atoms with Crippen LogP contribution in [0.4, 0.5) is 4.39 Å². The zero-order chi connectivity index (χ0) is 8.27. The molecule has 0 heterocycles. The van der Waals surface area contributed by atoms with E-state index in [0.717, 1.165) is 24.0 Å². The summed E-state index contributed by atoms with van der Waals surface area (Å²) >= 11 is 0. The molecule has 59 valence electrons. The van der Waals surface area contributed by atoms with Crippen LogP contribution in [0.5, 0.6) is 0 Å². The standard InChI is InChI=1S/C10H12F/c1-3-4-9-5-8(2)6-10(11)7-9/h5-7H,1,3-4H2,2H3. The molecule has 0 aliphatic rings. The molecular weight excluding hydrogens is 139 g/mol. The zero-order valence-electron chi connectivity index (χ0n) is 6.73. The smallest absolute Gasteiger partial charge is 0.123 e. The van der Waals surface area contributed by atoms with Gasteiger partial charge in [0.1, 0.15) is 5.82 Å². The topological polar surface area (TPSA) is 0 Å². The van der Waals surface area contributed by atoms with E-state index in [1.54, 1.807) is 6.07 Å². The zero-order valence-corrected chi connectivity index (χ0v) is 6.73. The molecule has 0 nitrogen and oxygen atoms in total. The van der Waals surface area contributed by atoms with Gasteiger partial charge in [-0.3, -0.25) is 0 Å². The molecule has 0 aliphatic heterocycles. The third-order valence-corrected chi connectivity index (χ3v) is 1.57. The summed E-state index contributed by atoms with van der Waals surface area (Å²) in [6, 6.07) is 5.10. The summed E-state index contributed by atoms with van der Waals surface area (Å²) < 4.78 is 12.7. The summed E-state index contributed by atoms with van der Waals surface area (Å²) in [6.07, 6.45) is 1.68. The molecule has 0 atom stereocenters. The lowest BCUT2D eigenvalue weighted by Gasteiger charge is -2.00. The van der Waals surface area contributed by atoms with Gasteiger partial charge in [-0.25, -0.2) is 4.39 Å². The Morgan fingerprint density at radius 3 is 2.64 bits per heavy atom. The highest BCUT2D eigenvalue weighted by Crippen LogP contribution is 2.09. The quantitative estimate of drug-likeness (QED) is 0.609. The van der Waals surface area contributed by atoms with Crippen molar-refractivity contribution in [2.75, 3.05) is 0 Å². The molecule has 0 N–H and O–H groups in total. The molecule has 1 radical (unpaired) electrons. The van der Waals surface area contributed by atoms with Crippen LogP contribution in [0.2, 0.25) is 0 Å². The lowest BCUT2D eigenvalue weighted by molar-refractivity contribution is 0.624. The van der Waals surface area contributed by atoms with Crippen molar-refractivity contribution in [3.05, 3.63) is 42.1 Å². The van der Waals surface area contributed by atoms with Gasteiger partial charge >= 0.3 is 0 Å². The first kappa shape index (κ1) is 8.25. The van der Waals surface area contributed by atoms with Crippen LogP contribution >= 0.6 is 0 Å². The summed E-state index contributed by atoms with van der Waals surface area (Å²) in [5.74, 6) is -0.145. The minimum Gasteiger partial charge on any atom is -0.207 e. The highest BCUT2D eigenvalue weighted by molar-refractivity contribution is 5.23. The van der Waals surface area contributed by atoms with Gasteiger partial charge in [-0.2, -0.15) is 0 Å². The second-order valence-electron chi connectivity index (χ2n) is 2.74. The number of hydrogen-bond donors (Lipinski definition) is 0. The maximum atomic E-state index is 12.7. The molecule has 0 saturated heterocycles. The van der Waals surface area contributed by atoms with E-state index < -0.39 is 0 Å². The summed E-state index contributed by atoms with van der Waals surface area (Å²) in [5.41, 5.74) is 2.02.